The Morgan fingerprint density at radius 3 is 2.21 bits per heavy atom. The molecule has 4 amide bonds. The fourth-order valence-electron chi connectivity index (χ4n) is 3.21. The van der Waals surface area contributed by atoms with Gasteiger partial charge in [0.25, 0.3) is 11.8 Å². The summed E-state index contributed by atoms with van der Waals surface area (Å²) in [5, 5.41) is 11.1. The van der Waals surface area contributed by atoms with E-state index in [0.29, 0.717) is 17.0 Å². The Hall–Kier alpha value is -4.72. The van der Waals surface area contributed by atoms with E-state index in [1.54, 1.807) is 66.7 Å². The molecule has 164 valence electrons. The van der Waals surface area contributed by atoms with Crippen LogP contribution in [0.25, 0.3) is 6.08 Å². The SMILES string of the molecule is O=C1NC(=O)N(c2ccccc2)C(=O)C1=Cc1ccc(OCc2ccc(C(=O)O)cc2)cc1. The highest BCUT2D eigenvalue weighted by molar-refractivity contribution is 6.39. The molecule has 1 fully saturated rings. The normalized spacial score (nSPS) is 14.8. The first kappa shape index (κ1) is 21.5. The van der Waals surface area contributed by atoms with Crippen LogP contribution < -0.4 is 15.0 Å². The average molecular weight is 442 g/mol. The minimum absolute atomic E-state index is 0.161. The standard InChI is InChI=1S/C25H18N2O6/c28-22-21(23(29)27(25(32)26-22)19-4-2-1-3-5-19)14-16-8-12-20(13-9-16)33-15-17-6-10-18(11-7-17)24(30)31/h1-14H,15H2,(H,30,31)(H,26,28,32). The maximum Gasteiger partial charge on any atom is 0.335 e. The van der Waals surface area contributed by atoms with E-state index in [1.165, 1.54) is 18.2 Å². The van der Waals surface area contributed by atoms with Crippen LogP contribution in [-0.4, -0.2) is 28.9 Å². The van der Waals surface area contributed by atoms with Gasteiger partial charge in [-0.25, -0.2) is 14.5 Å². The minimum atomic E-state index is -0.992. The fraction of sp³-hybridized carbons (Fsp3) is 0.0400. The number of imide groups is 2. The molecule has 3 aromatic rings. The second-order valence-electron chi connectivity index (χ2n) is 7.15. The Morgan fingerprint density at radius 2 is 1.58 bits per heavy atom. The molecular formula is C25H18N2O6. The molecular weight excluding hydrogens is 424 g/mol. The largest absolute Gasteiger partial charge is 0.489 e. The lowest BCUT2D eigenvalue weighted by Crippen LogP contribution is -2.54. The van der Waals surface area contributed by atoms with Gasteiger partial charge in [-0.3, -0.25) is 14.9 Å². The molecule has 2 N–H and O–H groups in total. The van der Waals surface area contributed by atoms with E-state index in [9.17, 15) is 19.2 Å². The first-order valence-electron chi connectivity index (χ1n) is 9.94. The molecule has 0 unspecified atom stereocenters. The number of carbonyl (C=O) groups excluding carboxylic acids is 3. The summed E-state index contributed by atoms with van der Waals surface area (Å²) < 4.78 is 5.70. The minimum Gasteiger partial charge on any atom is -0.489 e. The number of carboxylic acid groups (broad SMARTS) is 1. The zero-order valence-corrected chi connectivity index (χ0v) is 17.2. The van der Waals surface area contributed by atoms with E-state index in [-0.39, 0.29) is 17.7 Å². The monoisotopic (exact) mass is 442 g/mol. The van der Waals surface area contributed by atoms with Crippen molar-refractivity contribution in [1.82, 2.24) is 5.32 Å². The molecule has 0 saturated carbocycles. The second kappa shape index (κ2) is 9.19. The summed E-state index contributed by atoms with van der Waals surface area (Å²) >= 11 is 0. The lowest BCUT2D eigenvalue weighted by Gasteiger charge is -2.26. The Balaban J connectivity index is 1.47. The van der Waals surface area contributed by atoms with Crippen molar-refractivity contribution in [1.29, 1.82) is 0 Å². The number of hydrogen-bond acceptors (Lipinski definition) is 5. The van der Waals surface area contributed by atoms with Gasteiger partial charge in [0.1, 0.15) is 17.9 Å². The van der Waals surface area contributed by atoms with E-state index in [1.807, 2.05) is 0 Å². The smallest absolute Gasteiger partial charge is 0.335 e. The topological polar surface area (TPSA) is 113 Å². The lowest BCUT2D eigenvalue weighted by molar-refractivity contribution is -0.122. The summed E-state index contributed by atoms with van der Waals surface area (Å²) in [7, 11) is 0. The number of anilines is 1. The maximum atomic E-state index is 12.9. The second-order valence-corrected chi connectivity index (χ2v) is 7.15. The van der Waals surface area contributed by atoms with E-state index >= 15 is 0 Å². The van der Waals surface area contributed by atoms with Crippen LogP contribution >= 0.6 is 0 Å². The average Bonchev–Trinajstić information content (AvgIpc) is 2.82. The number of barbiturate groups is 1. The zero-order valence-electron chi connectivity index (χ0n) is 17.2. The van der Waals surface area contributed by atoms with Crippen molar-refractivity contribution < 1.29 is 29.0 Å². The number of rotatable bonds is 6. The highest BCUT2D eigenvalue weighted by Crippen LogP contribution is 2.22. The first-order chi connectivity index (χ1) is 15.9. The van der Waals surface area contributed by atoms with Gasteiger partial charge in [0.2, 0.25) is 0 Å². The number of amides is 4. The van der Waals surface area contributed by atoms with E-state index in [4.69, 9.17) is 9.84 Å². The molecule has 0 aliphatic carbocycles. The van der Waals surface area contributed by atoms with Crippen molar-refractivity contribution in [2.45, 2.75) is 6.61 Å². The van der Waals surface area contributed by atoms with Crippen LogP contribution in [0.5, 0.6) is 5.75 Å². The number of urea groups is 1. The number of carboxylic acids is 1. The summed E-state index contributed by atoms with van der Waals surface area (Å²) in [6.07, 6.45) is 1.41. The van der Waals surface area contributed by atoms with E-state index < -0.39 is 23.8 Å². The molecule has 33 heavy (non-hydrogen) atoms. The number of aromatic carboxylic acids is 1. The van der Waals surface area contributed by atoms with Crippen LogP contribution in [0.2, 0.25) is 0 Å². The summed E-state index contributed by atoms with van der Waals surface area (Å²) in [5.41, 5.74) is 1.78. The number of benzene rings is 3. The molecule has 0 radical (unpaired) electrons. The van der Waals surface area contributed by atoms with E-state index in [0.717, 1.165) is 10.5 Å². The third-order valence-corrected chi connectivity index (χ3v) is 4.91. The van der Waals surface area contributed by atoms with Gasteiger partial charge in [0, 0.05) is 0 Å². The molecule has 8 heteroatoms. The Kier molecular flexibility index (Phi) is 5.99. The Labute approximate surface area is 188 Å². The van der Waals surface area contributed by atoms with Gasteiger partial charge in [-0.2, -0.15) is 0 Å². The fourth-order valence-corrected chi connectivity index (χ4v) is 3.21. The first-order valence-corrected chi connectivity index (χ1v) is 9.94. The van der Waals surface area contributed by atoms with Gasteiger partial charge < -0.3 is 9.84 Å². The molecule has 1 saturated heterocycles. The molecule has 1 heterocycles. The van der Waals surface area contributed by atoms with Gasteiger partial charge in [-0.05, 0) is 53.6 Å². The lowest BCUT2D eigenvalue weighted by atomic mass is 10.1. The van der Waals surface area contributed by atoms with Crippen LogP contribution in [-0.2, 0) is 16.2 Å². The number of ether oxygens (including phenoxy) is 1. The Bertz CT molecular complexity index is 1250. The van der Waals surface area contributed by atoms with Gasteiger partial charge >= 0.3 is 12.0 Å². The molecule has 3 aromatic carbocycles. The molecule has 8 nitrogen and oxygen atoms in total. The number of para-hydroxylation sites is 1. The molecule has 0 atom stereocenters. The maximum absolute atomic E-state index is 12.9. The van der Waals surface area contributed by atoms with Gasteiger partial charge in [0.05, 0.1) is 11.3 Å². The van der Waals surface area contributed by atoms with Gasteiger partial charge in [-0.1, -0.05) is 42.5 Å². The molecule has 1 aliphatic heterocycles. The number of carbonyl (C=O) groups is 4. The van der Waals surface area contributed by atoms with Crippen molar-refractivity contribution in [3.63, 3.8) is 0 Å². The third-order valence-electron chi connectivity index (χ3n) is 4.91. The Morgan fingerprint density at radius 1 is 0.909 bits per heavy atom. The summed E-state index contributed by atoms with van der Waals surface area (Å²) in [4.78, 5) is 49.2. The predicted molar refractivity (Wildman–Crippen MR) is 120 cm³/mol. The zero-order chi connectivity index (χ0) is 23.4. The van der Waals surface area contributed by atoms with Crippen LogP contribution in [0.4, 0.5) is 10.5 Å². The highest BCUT2D eigenvalue weighted by atomic mass is 16.5. The number of hydrogen-bond donors (Lipinski definition) is 2. The number of nitrogens with zero attached hydrogens (tertiary/aromatic N) is 1. The third kappa shape index (κ3) is 4.80. The quantitative estimate of drug-likeness (QED) is 0.445. The van der Waals surface area contributed by atoms with Crippen molar-refractivity contribution in [2.24, 2.45) is 0 Å². The highest BCUT2D eigenvalue weighted by Gasteiger charge is 2.36. The van der Waals surface area contributed by atoms with E-state index in [2.05, 4.69) is 5.32 Å². The van der Waals surface area contributed by atoms with Gasteiger partial charge in [0.15, 0.2) is 0 Å². The summed E-state index contributed by atoms with van der Waals surface area (Å²) in [6.45, 7) is 0.245. The molecule has 0 bridgehead atoms. The van der Waals surface area contributed by atoms with Crippen LogP contribution in [0.1, 0.15) is 21.5 Å². The van der Waals surface area contributed by atoms with Crippen molar-refractivity contribution in [3.8, 4) is 5.75 Å². The predicted octanol–water partition coefficient (Wildman–Crippen LogP) is 3.63. The molecule has 4 rings (SSSR count). The summed E-state index contributed by atoms with van der Waals surface area (Å²) in [6, 6.07) is 20.6. The van der Waals surface area contributed by atoms with Crippen LogP contribution in [0.15, 0.2) is 84.4 Å². The number of nitrogens with one attached hydrogen (secondary N) is 1. The van der Waals surface area contributed by atoms with Crippen LogP contribution in [0.3, 0.4) is 0 Å². The van der Waals surface area contributed by atoms with Crippen molar-refractivity contribution in [2.75, 3.05) is 4.90 Å². The summed E-state index contributed by atoms with van der Waals surface area (Å²) in [5.74, 6) is -1.91. The van der Waals surface area contributed by atoms with Crippen LogP contribution in [0, 0.1) is 0 Å². The van der Waals surface area contributed by atoms with Crippen molar-refractivity contribution >= 4 is 35.6 Å². The molecule has 0 spiro atoms. The molecule has 1 aliphatic rings. The molecule has 0 aromatic heterocycles. The van der Waals surface area contributed by atoms with Gasteiger partial charge in [-0.15, -0.1) is 0 Å². The van der Waals surface area contributed by atoms with Crippen molar-refractivity contribution in [3.05, 3.63) is 101 Å².